The number of aromatic nitrogens is 1. The zero-order valence-corrected chi connectivity index (χ0v) is 21.1. The highest BCUT2D eigenvalue weighted by Crippen LogP contribution is 2.47. The summed E-state index contributed by atoms with van der Waals surface area (Å²) in [6.07, 6.45) is 1.05. The second-order valence-corrected chi connectivity index (χ2v) is 10.1. The van der Waals surface area contributed by atoms with Crippen LogP contribution in [-0.4, -0.2) is 52.2 Å². The highest BCUT2D eigenvalue weighted by atomic mass is 32.1. The fourth-order valence-corrected chi connectivity index (χ4v) is 6.01. The maximum Gasteiger partial charge on any atom is 0.404 e. The van der Waals surface area contributed by atoms with E-state index in [-0.39, 0.29) is 24.5 Å². The zero-order valence-electron chi connectivity index (χ0n) is 20.3. The highest BCUT2D eigenvalue weighted by molar-refractivity contribution is 7.21. The van der Waals surface area contributed by atoms with E-state index in [0.29, 0.717) is 50.9 Å². The molecule has 192 valence electrons. The van der Waals surface area contributed by atoms with Gasteiger partial charge in [-0.1, -0.05) is 18.2 Å². The number of carboxylic acid groups (broad SMARTS) is 1. The molecule has 3 N–H and O–H groups in total. The number of rotatable bonds is 5. The maximum absolute atomic E-state index is 13.5. The third-order valence-electron chi connectivity index (χ3n) is 6.63. The van der Waals surface area contributed by atoms with Crippen molar-refractivity contribution < 1.29 is 24.2 Å². The first-order valence-corrected chi connectivity index (χ1v) is 12.9. The summed E-state index contributed by atoms with van der Waals surface area (Å²) in [7, 11) is 0. The van der Waals surface area contributed by atoms with Crippen molar-refractivity contribution in [1.29, 1.82) is 0 Å². The van der Waals surface area contributed by atoms with Gasteiger partial charge in [0.1, 0.15) is 21.2 Å². The number of aryl methyl sites for hydroxylation is 1. The Kier molecular flexibility index (Phi) is 5.84. The first-order valence-electron chi connectivity index (χ1n) is 12.0. The van der Waals surface area contributed by atoms with Gasteiger partial charge in [-0.2, -0.15) is 0 Å². The molecule has 2 aromatic carbocycles. The SMILES string of the molecule is Cc1cc(Oc2ccccc2)ccc1N1C(=O)Nc2c(C(=O)N3CC[C@H](NC(=O)O)C3)sc3nccc1c23. The van der Waals surface area contributed by atoms with E-state index in [1.54, 1.807) is 22.1 Å². The molecule has 2 aromatic heterocycles. The van der Waals surface area contributed by atoms with Gasteiger partial charge in [-0.05, 0) is 55.3 Å². The van der Waals surface area contributed by atoms with Gasteiger partial charge in [-0.3, -0.25) is 9.69 Å². The molecule has 0 spiro atoms. The molecule has 6 rings (SSSR count). The van der Waals surface area contributed by atoms with Crippen molar-refractivity contribution in [3.8, 4) is 11.5 Å². The minimum Gasteiger partial charge on any atom is -0.465 e. The van der Waals surface area contributed by atoms with Crippen LogP contribution in [0.3, 0.4) is 0 Å². The Bertz CT molecular complexity index is 1590. The molecule has 0 bridgehead atoms. The molecule has 0 aliphatic carbocycles. The topological polar surface area (TPSA) is 124 Å². The van der Waals surface area contributed by atoms with Crippen LogP contribution in [0.5, 0.6) is 11.5 Å². The van der Waals surface area contributed by atoms with Crippen LogP contribution in [-0.2, 0) is 0 Å². The van der Waals surface area contributed by atoms with Crippen LogP contribution < -0.4 is 20.3 Å². The maximum atomic E-state index is 13.5. The van der Waals surface area contributed by atoms with E-state index in [2.05, 4.69) is 15.6 Å². The van der Waals surface area contributed by atoms with Gasteiger partial charge in [0, 0.05) is 19.3 Å². The van der Waals surface area contributed by atoms with Gasteiger partial charge in [0.05, 0.1) is 28.5 Å². The van der Waals surface area contributed by atoms with E-state index in [0.717, 1.165) is 11.3 Å². The molecule has 1 atom stereocenters. The molecule has 4 aromatic rings. The molecule has 1 saturated heterocycles. The third kappa shape index (κ3) is 4.16. The Balaban J connectivity index is 1.33. The molecule has 2 aliphatic rings. The number of hydrogen-bond acceptors (Lipinski definition) is 6. The first kappa shape index (κ1) is 23.7. The predicted octanol–water partition coefficient (Wildman–Crippen LogP) is 5.56. The first-order chi connectivity index (χ1) is 18.4. The van der Waals surface area contributed by atoms with Crippen molar-refractivity contribution in [2.75, 3.05) is 23.3 Å². The molecule has 4 heterocycles. The molecule has 38 heavy (non-hydrogen) atoms. The summed E-state index contributed by atoms with van der Waals surface area (Å²) < 4.78 is 5.94. The Morgan fingerprint density at radius 3 is 2.71 bits per heavy atom. The molecule has 4 amide bonds. The molecule has 0 radical (unpaired) electrons. The second kappa shape index (κ2) is 9.34. The van der Waals surface area contributed by atoms with Crippen LogP contribution >= 0.6 is 11.3 Å². The van der Waals surface area contributed by atoms with Crippen LogP contribution in [0.15, 0.2) is 60.8 Å². The molecular weight excluding hydrogens is 506 g/mol. The van der Waals surface area contributed by atoms with E-state index in [1.807, 2.05) is 55.5 Å². The van der Waals surface area contributed by atoms with Crippen LogP contribution in [0.2, 0.25) is 0 Å². The Hall–Kier alpha value is -4.64. The highest BCUT2D eigenvalue weighted by Gasteiger charge is 2.36. The number of thiophene rings is 1. The number of benzene rings is 2. The van der Waals surface area contributed by atoms with Gasteiger partial charge >= 0.3 is 12.1 Å². The molecule has 1 fully saturated rings. The predicted molar refractivity (Wildman–Crippen MR) is 144 cm³/mol. The summed E-state index contributed by atoms with van der Waals surface area (Å²) in [5.74, 6) is 1.12. The number of ether oxygens (including phenoxy) is 1. The molecule has 11 heteroatoms. The van der Waals surface area contributed by atoms with Crippen LogP contribution in [0.25, 0.3) is 10.2 Å². The number of carbonyl (C=O) groups is 3. The van der Waals surface area contributed by atoms with Crippen molar-refractivity contribution in [3.05, 3.63) is 71.2 Å². The van der Waals surface area contributed by atoms with Crippen molar-refractivity contribution >= 4 is 56.6 Å². The quantitative estimate of drug-likeness (QED) is 0.311. The Morgan fingerprint density at radius 1 is 1.13 bits per heavy atom. The lowest BCUT2D eigenvalue weighted by molar-refractivity contribution is 0.0794. The van der Waals surface area contributed by atoms with Crippen LogP contribution in [0.4, 0.5) is 26.7 Å². The largest absolute Gasteiger partial charge is 0.465 e. The zero-order chi connectivity index (χ0) is 26.4. The third-order valence-corrected chi connectivity index (χ3v) is 7.72. The molecule has 10 nitrogen and oxygen atoms in total. The average Bonchev–Trinajstić information content (AvgIpc) is 3.50. The van der Waals surface area contributed by atoms with E-state index in [4.69, 9.17) is 9.84 Å². The summed E-state index contributed by atoms with van der Waals surface area (Å²) in [5, 5.41) is 15.1. The van der Waals surface area contributed by atoms with Crippen molar-refractivity contribution in [3.63, 3.8) is 0 Å². The number of nitrogens with zero attached hydrogens (tertiary/aromatic N) is 3. The van der Waals surface area contributed by atoms with Gasteiger partial charge in [-0.15, -0.1) is 11.3 Å². The van der Waals surface area contributed by atoms with Crippen LogP contribution in [0.1, 0.15) is 21.7 Å². The number of hydrogen-bond donors (Lipinski definition) is 3. The number of para-hydroxylation sites is 1. The number of amides is 4. The Morgan fingerprint density at radius 2 is 1.95 bits per heavy atom. The number of pyridine rings is 1. The number of carbonyl (C=O) groups excluding carboxylic acids is 2. The summed E-state index contributed by atoms with van der Waals surface area (Å²) in [6, 6.07) is 16.0. The minimum absolute atomic E-state index is 0.254. The lowest BCUT2D eigenvalue weighted by atomic mass is 10.1. The van der Waals surface area contributed by atoms with Crippen molar-refractivity contribution in [2.24, 2.45) is 0 Å². The summed E-state index contributed by atoms with van der Waals surface area (Å²) in [6.45, 7) is 2.61. The monoisotopic (exact) mass is 529 g/mol. The normalized spacial score (nSPS) is 16.4. The second-order valence-electron chi connectivity index (χ2n) is 9.13. The standard InChI is InChI=1S/C27H23N5O5S/c1-15-13-18(37-17-5-3-2-4-6-17)7-8-19(15)32-20-9-11-28-24-21(20)22(30-26(32)34)23(38-24)25(33)31-12-10-16(14-31)29-27(35)36/h2-9,11,13,16,29H,10,12,14H2,1H3,(H,30,34)(H,35,36)/t16-/m0/s1. The van der Waals surface area contributed by atoms with Gasteiger partial charge in [0.2, 0.25) is 0 Å². The van der Waals surface area contributed by atoms with E-state index >= 15 is 0 Å². The lowest BCUT2D eigenvalue weighted by Crippen LogP contribution is -2.38. The van der Waals surface area contributed by atoms with E-state index in [9.17, 15) is 14.4 Å². The fourth-order valence-electron chi connectivity index (χ4n) is 4.92. The van der Waals surface area contributed by atoms with Gasteiger partial charge in [0.15, 0.2) is 0 Å². The number of urea groups is 1. The molecule has 0 saturated carbocycles. The summed E-state index contributed by atoms with van der Waals surface area (Å²) in [4.78, 5) is 46.5. The summed E-state index contributed by atoms with van der Waals surface area (Å²) in [5.41, 5.74) is 2.59. The molecular formula is C27H23N5O5S. The van der Waals surface area contributed by atoms with Gasteiger partial charge < -0.3 is 25.4 Å². The van der Waals surface area contributed by atoms with Crippen LogP contribution in [0, 0.1) is 6.92 Å². The number of likely N-dealkylation sites (tertiary alicyclic amines) is 1. The fraction of sp³-hybridized carbons (Fsp3) is 0.185. The molecule has 0 unspecified atom stereocenters. The summed E-state index contributed by atoms with van der Waals surface area (Å²) >= 11 is 1.22. The number of anilines is 3. The van der Waals surface area contributed by atoms with E-state index < -0.39 is 6.09 Å². The minimum atomic E-state index is -1.11. The smallest absolute Gasteiger partial charge is 0.404 e. The lowest BCUT2D eigenvalue weighted by Gasteiger charge is -2.30. The average molecular weight is 530 g/mol. The van der Waals surface area contributed by atoms with E-state index in [1.165, 1.54) is 11.3 Å². The number of nitrogens with one attached hydrogen (secondary N) is 2. The molecule has 2 aliphatic heterocycles. The Labute approximate surface area is 221 Å². The van der Waals surface area contributed by atoms with Gasteiger partial charge in [-0.25, -0.2) is 14.6 Å². The van der Waals surface area contributed by atoms with Crippen molar-refractivity contribution in [1.82, 2.24) is 15.2 Å². The van der Waals surface area contributed by atoms with Gasteiger partial charge in [0.25, 0.3) is 5.91 Å². The van der Waals surface area contributed by atoms with Crippen molar-refractivity contribution in [2.45, 2.75) is 19.4 Å².